The van der Waals surface area contributed by atoms with Crippen LogP contribution < -0.4 is 10.5 Å². The lowest BCUT2D eigenvalue weighted by Crippen LogP contribution is -2.07. The van der Waals surface area contributed by atoms with E-state index in [0.29, 0.717) is 16.9 Å². The van der Waals surface area contributed by atoms with Gasteiger partial charge in [-0.25, -0.2) is 8.78 Å². The highest BCUT2D eigenvalue weighted by atomic mass is 35.5. The zero-order valence-electron chi connectivity index (χ0n) is 10.9. The molecule has 0 bridgehead atoms. The van der Waals surface area contributed by atoms with Crippen LogP contribution in [0.15, 0.2) is 36.4 Å². The molecule has 5 heteroatoms. The maximum Gasteiger partial charge on any atom is 0.142 e. The molecule has 2 nitrogen and oxygen atoms in total. The van der Waals surface area contributed by atoms with Crippen molar-refractivity contribution in [2.24, 2.45) is 5.73 Å². The van der Waals surface area contributed by atoms with Crippen LogP contribution in [0.25, 0.3) is 0 Å². The summed E-state index contributed by atoms with van der Waals surface area (Å²) in [4.78, 5) is 0. The largest absolute Gasteiger partial charge is 0.489 e. The smallest absolute Gasteiger partial charge is 0.142 e. The van der Waals surface area contributed by atoms with Crippen molar-refractivity contribution in [1.82, 2.24) is 0 Å². The van der Waals surface area contributed by atoms with Gasteiger partial charge in [0.1, 0.15) is 24.0 Å². The van der Waals surface area contributed by atoms with Crippen molar-refractivity contribution in [3.05, 3.63) is 64.2 Å². The minimum Gasteiger partial charge on any atom is -0.489 e. The number of hydrogen-bond donors (Lipinski definition) is 1. The molecule has 0 aromatic heterocycles. The highest BCUT2D eigenvalue weighted by Gasteiger charge is 2.10. The van der Waals surface area contributed by atoms with Crippen molar-refractivity contribution in [1.29, 1.82) is 0 Å². The van der Waals surface area contributed by atoms with Crippen molar-refractivity contribution in [2.75, 3.05) is 0 Å². The maximum atomic E-state index is 13.7. The first-order chi connectivity index (χ1) is 9.49. The summed E-state index contributed by atoms with van der Waals surface area (Å²) in [6.45, 7) is 1.76. The Labute approximate surface area is 121 Å². The van der Waals surface area contributed by atoms with Crippen LogP contribution in [0.2, 0.25) is 5.02 Å². The number of nitrogens with two attached hydrogens (primary N) is 1. The molecular weight excluding hydrogens is 284 g/mol. The van der Waals surface area contributed by atoms with Gasteiger partial charge in [-0.3, -0.25) is 0 Å². The second kappa shape index (κ2) is 6.20. The molecular formula is C15H14ClF2NO. The van der Waals surface area contributed by atoms with Gasteiger partial charge in [-0.15, -0.1) is 0 Å². The fourth-order valence-electron chi connectivity index (χ4n) is 1.79. The third-order valence-corrected chi connectivity index (χ3v) is 3.31. The Bertz CT molecular complexity index is 617. The van der Waals surface area contributed by atoms with Gasteiger partial charge in [0.15, 0.2) is 0 Å². The number of halogens is 3. The summed E-state index contributed by atoms with van der Waals surface area (Å²) in [6.07, 6.45) is 0. The summed E-state index contributed by atoms with van der Waals surface area (Å²) in [7, 11) is 0. The van der Waals surface area contributed by atoms with Crippen LogP contribution >= 0.6 is 11.6 Å². The van der Waals surface area contributed by atoms with Gasteiger partial charge in [0.05, 0.1) is 5.02 Å². The molecule has 106 valence electrons. The lowest BCUT2D eigenvalue weighted by atomic mass is 10.1. The van der Waals surface area contributed by atoms with Gasteiger partial charge >= 0.3 is 0 Å². The Morgan fingerprint density at radius 3 is 2.60 bits per heavy atom. The molecule has 20 heavy (non-hydrogen) atoms. The lowest BCUT2D eigenvalue weighted by Gasteiger charge is -2.11. The molecule has 2 aromatic carbocycles. The quantitative estimate of drug-likeness (QED) is 0.917. The van der Waals surface area contributed by atoms with Gasteiger partial charge in [-0.05, 0) is 19.1 Å². The van der Waals surface area contributed by atoms with Gasteiger partial charge < -0.3 is 10.5 Å². The second-order valence-electron chi connectivity index (χ2n) is 4.47. The fourth-order valence-corrected chi connectivity index (χ4v) is 1.97. The van der Waals surface area contributed by atoms with Crippen LogP contribution in [0.1, 0.15) is 24.1 Å². The second-order valence-corrected chi connectivity index (χ2v) is 4.85. The summed E-state index contributed by atoms with van der Waals surface area (Å²) >= 11 is 5.81. The SMILES string of the molecule is C[C@@H](N)c1ccc(OCc2cccc(F)c2Cl)cc1F. The summed E-state index contributed by atoms with van der Waals surface area (Å²) < 4.78 is 32.4. The molecule has 2 N–H and O–H groups in total. The Morgan fingerprint density at radius 1 is 1.20 bits per heavy atom. The molecule has 0 spiro atoms. The van der Waals surface area contributed by atoms with E-state index in [0.717, 1.165) is 0 Å². The third kappa shape index (κ3) is 3.26. The van der Waals surface area contributed by atoms with Crippen molar-refractivity contribution < 1.29 is 13.5 Å². The first-order valence-corrected chi connectivity index (χ1v) is 6.47. The Morgan fingerprint density at radius 2 is 1.95 bits per heavy atom. The molecule has 2 rings (SSSR count). The average molecular weight is 298 g/mol. The summed E-state index contributed by atoms with van der Waals surface area (Å²) in [5, 5.41) is 0.0140. The minimum absolute atomic E-state index is 0.0140. The first kappa shape index (κ1) is 14.8. The zero-order chi connectivity index (χ0) is 14.7. The molecule has 0 aliphatic rings. The van der Waals surface area contributed by atoms with Crippen molar-refractivity contribution in [3.8, 4) is 5.75 Å². The van der Waals surface area contributed by atoms with E-state index >= 15 is 0 Å². The highest BCUT2D eigenvalue weighted by Crippen LogP contribution is 2.24. The third-order valence-electron chi connectivity index (χ3n) is 2.89. The number of benzene rings is 2. The first-order valence-electron chi connectivity index (χ1n) is 6.09. The maximum absolute atomic E-state index is 13.7. The van der Waals surface area contributed by atoms with Crippen molar-refractivity contribution in [3.63, 3.8) is 0 Å². The predicted octanol–water partition coefficient (Wildman–Crippen LogP) is 4.22. The summed E-state index contributed by atoms with van der Waals surface area (Å²) in [6, 6.07) is 8.52. The number of ether oxygens (including phenoxy) is 1. The number of hydrogen-bond acceptors (Lipinski definition) is 2. The van der Waals surface area contributed by atoms with Gasteiger partial charge in [0.25, 0.3) is 0 Å². The molecule has 1 atom stereocenters. The fraction of sp³-hybridized carbons (Fsp3) is 0.200. The van der Waals surface area contributed by atoms with Gasteiger partial charge in [0.2, 0.25) is 0 Å². The predicted molar refractivity (Wildman–Crippen MR) is 74.7 cm³/mol. The van der Waals surface area contributed by atoms with E-state index in [1.807, 2.05) is 0 Å². The molecule has 0 radical (unpaired) electrons. The standard InChI is InChI=1S/C15H14ClF2NO/c1-9(19)12-6-5-11(7-14(12)18)20-8-10-3-2-4-13(17)15(10)16/h2-7,9H,8,19H2,1H3/t9-/m1/s1. The zero-order valence-corrected chi connectivity index (χ0v) is 11.6. The Hall–Kier alpha value is -1.65. The monoisotopic (exact) mass is 297 g/mol. The van der Waals surface area contributed by atoms with Crippen molar-refractivity contribution >= 4 is 11.6 Å². The van der Waals surface area contributed by atoms with Crippen LogP contribution in [0, 0.1) is 11.6 Å². The van der Waals surface area contributed by atoms with Crippen LogP contribution in [-0.4, -0.2) is 0 Å². The molecule has 0 aliphatic carbocycles. The molecule has 0 amide bonds. The van der Waals surface area contributed by atoms with E-state index in [9.17, 15) is 8.78 Å². The Kier molecular flexibility index (Phi) is 4.57. The summed E-state index contributed by atoms with van der Waals surface area (Å²) in [5.74, 6) is -0.596. The van der Waals surface area contributed by atoms with Crippen LogP contribution in [0.4, 0.5) is 8.78 Å². The van der Waals surface area contributed by atoms with E-state index in [-0.39, 0.29) is 17.7 Å². The minimum atomic E-state index is -0.508. The molecule has 0 saturated carbocycles. The molecule has 0 heterocycles. The van der Waals surface area contributed by atoms with Crippen LogP contribution in [0.5, 0.6) is 5.75 Å². The molecule has 0 aliphatic heterocycles. The number of rotatable bonds is 4. The van der Waals surface area contributed by atoms with Crippen LogP contribution in [0.3, 0.4) is 0 Å². The van der Waals surface area contributed by atoms with E-state index in [1.54, 1.807) is 31.2 Å². The topological polar surface area (TPSA) is 35.2 Å². The van der Waals surface area contributed by atoms with E-state index < -0.39 is 11.6 Å². The van der Waals surface area contributed by atoms with E-state index in [4.69, 9.17) is 22.1 Å². The van der Waals surface area contributed by atoms with Gasteiger partial charge in [-0.1, -0.05) is 29.8 Å². The molecule has 2 aromatic rings. The Balaban J connectivity index is 2.11. The molecule has 0 unspecified atom stereocenters. The van der Waals surface area contributed by atoms with E-state index in [2.05, 4.69) is 0 Å². The van der Waals surface area contributed by atoms with Gasteiger partial charge in [0, 0.05) is 23.2 Å². The van der Waals surface area contributed by atoms with E-state index in [1.165, 1.54) is 12.1 Å². The lowest BCUT2D eigenvalue weighted by molar-refractivity contribution is 0.303. The molecule has 0 fully saturated rings. The molecule has 0 saturated heterocycles. The van der Waals surface area contributed by atoms with Crippen LogP contribution in [-0.2, 0) is 6.61 Å². The van der Waals surface area contributed by atoms with Gasteiger partial charge in [-0.2, -0.15) is 0 Å². The summed E-state index contributed by atoms with van der Waals surface area (Å²) in [5.41, 5.74) is 6.55. The highest BCUT2D eigenvalue weighted by molar-refractivity contribution is 6.31. The normalized spacial score (nSPS) is 12.2. The van der Waals surface area contributed by atoms with Crippen molar-refractivity contribution in [2.45, 2.75) is 19.6 Å². The average Bonchev–Trinajstić information content (AvgIpc) is 2.40.